The van der Waals surface area contributed by atoms with E-state index >= 15 is 0 Å². The van der Waals surface area contributed by atoms with E-state index in [9.17, 15) is 9.90 Å². The minimum absolute atomic E-state index is 0.323. The molecule has 1 atom stereocenters. The molecule has 1 N–H and O–H groups in total. The lowest BCUT2D eigenvalue weighted by atomic mass is 10.00. The summed E-state index contributed by atoms with van der Waals surface area (Å²) in [6.07, 6.45) is -0.596. The summed E-state index contributed by atoms with van der Waals surface area (Å²) < 4.78 is 5.79. The van der Waals surface area contributed by atoms with Crippen LogP contribution < -0.4 is 4.74 Å². The zero-order chi connectivity index (χ0) is 17.1. The maximum Gasteiger partial charge on any atom is 0.345 e. The van der Waals surface area contributed by atoms with Gasteiger partial charge in [-0.15, -0.1) is 0 Å². The molecule has 0 saturated heterocycles. The summed E-state index contributed by atoms with van der Waals surface area (Å²) in [5, 5.41) is 11.7. The summed E-state index contributed by atoms with van der Waals surface area (Å²) in [4.78, 5) is 11.7. The van der Waals surface area contributed by atoms with Crippen molar-refractivity contribution >= 4 is 16.7 Å². The number of rotatable bonds is 5. The molecule has 0 fully saturated rings. The highest BCUT2D eigenvalue weighted by Crippen LogP contribution is 2.23. The van der Waals surface area contributed by atoms with Crippen LogP contribution in [0.1, 0.15) is 16.7 Å². The number of ether oxygens (including phenoxy) is 1. The first-order chi connectivity index (χ1) is 11.5. The zero-order valence-electron chi connectivity index (χ0n) is 13.8. The number of fused-ring (bicyclic) bond motifs is 1. The molecule has 0 aliphatic carbocycles. The van der Waals surface area contributed by atoms with Crippen LogP contribution in [0.2, 0.25) is 0 Å². The Balaban J connectivity index is 1.90. The summed E-state index contributed by atoms with van der Waals surface area (Å²) in [5.74, 6) is -0.359. The molecule has 122 valence electrons. The largest absolute Gasteiger partial charge is 0.478 e. The Morgan fingerprint density at radius 2 is 1.67 bits per heavy atom. The summed E-state index contributed by atoms with van der Waals surface area (Å²) in [5.41, 5.74) is 3.09. The van der Waals surface area contributed by atoms with E-state index in [0.29, 0.717) is 12.2 Å². The smallest absolute Gasteiger partial charge is 0.345 e. The second-order valence-electron chi connectivity index (χ2n) is 6.11. The first-order valence-corrected chi connectivity index (χ1v) is 7.97. The van der Waals surface area contributed by atoms with Gasteiger partial charge in [-0.25, -0.2) is 4.79 Å². The van der Waals surface area contributed by atoms with E-state index in [1.807, 2.05) is 74.5 Å². The van der Waals surface area contributed by atoms with E-state index < -0.39 is 12.1 Å². The van der Waals surface area contributed by atoms with Gasteiger partial charge >= 0.3 is 5.97 Å². The van der Waals surface area contributed by atoms with E-state index in [4.69, 9.17) is 4.74 Å². The summed E-state index contributed by atoms with van der Waals surface area (Å²) >= 11 is 0. The molecule has 3 aromatic carbocycles. The lowest BCUT2D eigenvalue weighted by Crippen LogP contribution is -2.29. The second kappa shape index (κ2) is 6.75. The van der Waals surface area contributed by atoms with Gasteiger partial charge < -0.3 is 9.84 Å². The monoisotopic (exact) mass is 320 g/mol. The van der Waals surface area contributed by atoms with E-state index in [1.165, 1.54) is 0 Å². The number of hydrogen-bond donors (Lipinski definition) is 1. The summed E-state index contributed by atoms with van der Waals surface area (Å²) in [7, 11) is 0. The average molecular weight is 320 g/mol. The van der Waals surface area contributed by atoms with Gasteiger partial charge in [0.1, 0.15) is 5.75 Å². The molecule has 3 nitrogen and oxygen atoms in total. The highest BCUT2D eigenvalue weighted by Gasteiger charge is 2.21. The molecular formula is C21H20O3. The molecule has 0 aromatic heterocycles. The maximum absolute atomic E-state index is 11.7. The van der Waals surface area contributed by atoms with Gasteiger partial charge in [0.2, 0.25) is 0 Å². The molecule has 0 radical (unpaired) electrons. The van der Waals surface area contributed by atoms with Crippen LogP contribution in [0.5, 0.6) is 5.75 Å². The van der Waals surface area contributed by atoms with Gasteiger partial charge in [0, 0.05) is 6.42 Å². The number of aliphatic carboxylic acids is 1. The zero-order valence-corrected chi connectivity index (χ0v) is 13.8. The predicted molar refractivity (Wildman–Crippen MR) is 95.6 cm³/mol. The molecule has 0 heterocycles. The van der Waals surface area contributed by atoms with Gasteiger partial charge in [-0.05, 0) is 53.4 Å². The Kier molecular flexibility index (Phi) is 4.52. The highest BCUT2D eigenvalue weighted by atomic mass is 16.5. The van der Waals surface area contributed by atoms with Gasteiger partial charge in [0.25, 0.3) is 0 Å². The molecule has 0 spiro atoms. The van der Waals surface area contributed by atoms with Crippen molar-refractivity contribution < 1.29 is 14.6 Å². The normalized spacial score (nSPS) is 12.1. The third-order valence-electron chi connectivity index (χ3n) is 4.03. The van der Waals surface area contributed by atoms with Gasteiger partial charge in [-0.2, -0.15) is 0 Å². The van der Waals surface area contributed by atoms with E-state index in [1.54, 1.807) is 0 Å². The first-order valence-electron chi connectivity index (χ1n) is 7.97. The maximum atomic E-state index is 11.7. The number of carboxylic acid groups (broad SMARTS) is 1. The van der Waals surface area contributed by atoms with Crippen molar-refractivity contribution in [3.05, 3.63) is 77.4 Å². The topological polar surface area (TPSA) is 46.5 Å². The van der Waals surface area contributed by atoms with Crippen molar-refractivity contribution in [3.63, 3.8) is 0 Å². The molecule has 0 aliphatic rings. The van der Waals surface area contributed by atoms with Gasteiger partial charge in [0.05, 0.1) is 0 Å². The van der Waals surface area contributed by atoms with Crippen LogP contribution in [0.3, 0.4) is 0 Å². The SMILES string of the molecule is Cc1cc(C)cc(OC(Cc2cccc3ccccc23)C(=O)O)c1. The lowest BCUT2D eigenvalue weighted by molar-refractivity contribution is -0.145. The number of hydrogen-bond acceptors (Lipinski definition) is 2. The van der Waals surface area contributed by atoms with Crippen molar-refractivity contribution in [2.75, 3.05) is 0 Å². The van der Waals surface area contributed by atoms with E-state index in [0.717, 1.165) is 27.5 Å². The summed E-state index contributed by atoms with van der Waals surface area (Å²) in [6, 6.07) is 19.7. The molecule has 24 heavy (non-hydrogen) atoms. The van der Waals surface area contributed by atoms with Crippen molar-refractivity contribution in [2.24, 2.45) is 0 Å². The Labute approximate surface area is 141 Å². The highest BCUT2D eigenvalue weighted by molar-refractivity contribution is 5.86. The molecule has 0 aliphatic heterocycles. The van der Waals surface area contributed by atoms with Gasteiger partial charge in [0.15, 0.2) is 6.10 Å². The standard InChI is InChI=1S/C21H20O3/c1-14-10-15(2)12-18(11-14)24-20(21(22)23)13-17-8-5-7-16-6-3-4-9-19(16)17/h3-12,20H,13H2,1-2H3,(H,22,23). The van der Waals surface area contributed by atoms with E-state index in [-0.39, 0.29) is 0 Å². The Morgan fingerprint density at radius 3 is 2.38 bits per heavy atom. The Hall–Kier alpha value is -2.81. The van der Waals surface area contributed by atoms with E-state index in [2.05, 4.69) is 0 Å². The molecule has 3 heteroatoms. The first kappa shape index (κ1) is 16.1. The fourth-order valence-electron chi connectivity index (χ4n) is 3.01. The number of aryl methyl sites for hydroxylation is 2. The van der Waals surface area contributed by atoms with Crippen molar-refractivity contribution in [3.8, 4) is 5.75 Å². The molecule has 3 rings (SSSR count). The summed E-state index contributed by atoms with van der Waals surface area (Å²) in [6.45, 7) is 3.95. The van der Waals surface area contributed by atoms with Crippen molar-refractivity contribution in [1.29, 1.82) is 0 Å². The lowest BCUT2D eigenvalue weighted by Gasteiger charge is -2.17. The van der Waals surface area contributed by atoms with Crippen LogP contribution in [-0.4, -0.2) is 17.2 Å². The fourth-order valence-corrected chi connectivity index (χ4v) is 3.01. The van der Waals surface area contributed by atoms with Crippen LogP contribution in [0, 0.1) is 13.8 Å². The molecule has 0 amide bonds. The third-order valence-corrected chi connectivity index (χ3v) is 4.03. The number of carboxylic acids is 1. The minimum Gasteiger partial charge on any atom is -0.478 e. The van der Waals surface area contributed by atoms with Crippen LogP contribution in [0.4, 0.5) is 0 Å². The molecular weight excluding hydrogens is 300 g/mol. The Bertz CT molecular complexity index is 858. The predicted octanol–water partition coefficient (Wildman–Crippen LogP) is 4.53. The van der Waals surface area contributed by atoms with Crippen molar-refractivity contribution in [1.82, 2.24) is 0 Å². The molecule has 0 bridgehead atoms. The second-order valence-corrected chi connectivity index (χ2v) is 6.11. The van der Waals surface area contributed by atoms with Gasteiger partial charge in [-0.1, -0.05) is 48.5 Å². The van der Waals surface area contributed by atoms with Crippen LogP contribution in [-0.2, 0) is 11.2 Å². The quantitative estimate of drug-likeness (QED) is 0.751. The number of benzene rings is 3. The van der Waals surface area contributed by atoms with Gasteiger partial charge in [-0.3, -0.25) is 0 Å². The molecule has 1 unspecified atom stereocenters. The van der Waals surface area contributed by atoms with Crippen molar-refractivity contribution in [2.45, 2.75) is 26.4 Å². The van der Waals surface area contributed by atoms with Crippen LogP contribution >= 0.6 is 0 Å². The molecule has 3 aromatic rings. The Morgan fingerprint density at radius 1 is 1.00 bits per heavy atom. The van der Waals surface area contributed by atoms with Crippen LogP contribution in [0.25, 0.3) is 10.8 Å². The van der Waals surface area contributed by atoms with Crippen LogP contribution in [0.15, 0.2) is 60.7 Å². The third kappa shape index (κ3) is 3.57. The molecule has 0 saturated carbocycles. The average Bonchev–Trinajstić information content (AvgIpc) is 2.53. The number of carbonyl (C=O) groups is 1. The fraction of sp³-hybridized carbons (Fsp3) is 0.190. The minimum atomic E-state index is -0.956.